The van der Waals surface area contributed by atoms with Crippen molar-refractivity contribution in [3.05, 3.63) is 72.1 Å². The topological polar surface area (TPSA) is 87.0 Å². The molecule has 0 bridgehead atoms. The van der Waals surface area contributed by atoms with E-state index < -0.39 is 5.97 Å². The van der Waals surface area contributed by atoms with E-state index in [4.69, 9.17) is 4.74 Å². The van der Waals surface area contributed by atoms with Crippen LogP contribution in [-0.4, -0.2) is 32.0 Å². The molecule has 0 aliphatic heterocycles. The third-order valence-electron chi connectivity index (χ3n) is 3.07. The van der Waals surface area contributed by atoms with Crippen LogP contribution in [0.4, 0.5) is 0 Å². The summed E-state index contributed by atoms with van der Waals surface area (Å²) in [4.78, 5) is 24.0. The Balaban J connectivity index is 1.65. The SMILES string of the molecule is O=C(Cn1cnnn1)Oc1ccc(C(=O)c2ccccc2)cc1. The first-order chi connectivity index (χ1) is 11.2. The standard InChI is InChI=1S/C16H12N4O3/c21-15(10-20-11-17-18-19-20)23-14-8-6-13(7-9-14)16(22)12-4-2-1-3-5-12/h1-9,11H,10H2. The highest BCUT2D eigenvalue weighted by Gasteiger charge is 2.10. The van der Waals surface area contributed by atoms with Gasteiger partial charge in [-0.3, -0.25) is 4.79 Å². The molecule has 0 atom stereocenters. The monoisotopic (exact) mass is 308 g/mol. The molecular formula is C16H12N4O3. The summed E-state index contributed by atoms with van der Waals surface area (Å²) in [5.41, 5.74) is 1.13. The molecule has 0 fully saturated rings. The quantitative estimate of drug-likeness (QED) is 0.403. The summed E-state index contributed by atoms with van der Waals surface area (Å²) < 4.78 is 6.42. The average molecular weight is 308 g/mol. The van der Waals surface area contributed by atoms with Gasteiger partial charge in [-0.15, -0.1) is 5.10 Å². The summed E-state index contributed by atoms with van der Waals surface area (Å²) in [6.07, 6.45) is 1.32. The lowest BCUT2D eigenvalue weighted by atomic mass is 10.0. The number of ketones is 1. The normalized spacial score (nSPS) is 10.3. The van der Waals surface area contributed by atoms with Crippen molar-refractivity contribution in [1.82, 2.24) is 20.2 Å². The number of carbonyl (C=O) groups excluding carboxylic acids is 2. The first kappa shape index (κ1) is 14.6. The van der Waals surface area contributed by atoms with Crippen LogP contribution >= 0.6 is 0 Å². The largest absolute Gasteiger partial charge is 0.425 e. The van der Waals surface area contributed by atoms with Crippen molar-refractivity contribution in [2.24, 2.45) is 0 Å². The molecule has 2 aromatic carbocycles. The van der Waals surface area contributed by atoms with E-state index in [0.29, 0.717) is 16.9 Å². The molecule has 1 aromatic heterocycles. The van der Waals surface area contributed by atoms with Crippen LogP contribution in [0, 0.1) is 0 Å². The van der Waals surface area contributed by atoms with Crippen molar-refractivity contribution in [3.8, 4) is 5.75 Å². The molecule has 0 unspecified atom stereocenters. The summed E-state index contributed by atoms with van der Waals surface area (Å²) >= 11 is 0. The lowest BCUT2D eigenvalue weighted by Crippen LogP contribution is -2.16. The van der Waals surface area contributed by atoms with E-state index in [-0.39, 0.29) is 12.3 Å². The van der Waals surface area contributed by atoms with Gasteiger partial charge in [0.2, 0.25) is 0 Å². The van der Waals surface area contributed by atoms with Gasteiger partial charge in [-0.1, -0.05) is 30.3 Å². The molecule has 3 rings (SSSR count). The average Bonchev–Trinajstić information content (AvgIpc) is 3.08. The molecule has 0 aliphatic carbocycles. The Morgan fingerprint density at radius 1 is 0.957 bits per heavy atom. The molecule has 0 spiro atoms. The van der Waals surface area contributed by atoms with Crippen molar-refractivity contribution < 1.29 is 14.3 Å². The van der Waals surface area contributed by atoms with Gasteiger partial charge >= 0.3 is 5.97 Å². The van der Waals surface area contributed by atoms with Gasteiger partial charge in [0.1, 0.15) is 18.6 Å². The number of hydrogen-bond acceptors (Lipinski definition) is 6. The van der Waals surface area contributed by atoms with Crippen LogP contribution in [-0.2, 0) is 11.3 Å². The van der Waals surface area contributed by atoms with Gasteiger partial charge in [0.15, 0.2) is 5.78 Å². The third kappa shape index (κ3) is 3.65. The van der Waals surface area contributed by atoms with Crippen molar-refractivity contribution >= 4 is 11.8 Å². The van der Waals surface area contributed by atoms with E-state index in [0.717, 1.165) is 0 Å². The van der Waals surface area contributed by atoms with Crippen LogP contribution in [0.5, 0.6) is 5.75 Å². The minimum atomic E-state index is -0.501. The molecule has 23 heavy (non-hydrogen) atoms. The molecular weight excluding hydrogens is 296 g/mol. The zero-order chi connectivity index (χ0) is 16.1. The maximum atomic E-state index is 12.3. The number of hydrogen-bond donors (Lipinski definition) is 0. The minimum absolute atomic E-state index is 0.0856. The second-order valence-electron chi connectivity index (χ2n) is 4.70. The van der Waals surface area contributed by atoms with Crippen LogP contribution in [0.25, 0.3) is 0 Å². The maximum absolute atomic E-state index is 12.3. The van der Waals surface area contributed by atoms with Crippen LogP contribution in [0.1, 0.15) is 15.9 Å². The zero-order valence-electron chi connectivity index (χ0n) is 12.0. The molecule has 7 nitrogen and oxygen atoms in total. The van der Waals surface area contributed by atoms with Gasteiger partial charge in [0.05, 0.1) is 0 Å². The zero-order valence-corrected chi connectivity index (χ0v) is 12.0. The molecule has 0 saturated carbocycles. The first-order valence-electron chi connectivity index (χ1n) is 6.83. The smallest absolute Gasteiger partial charge is 0.333 e. The van der Waals surface area contributed by atoms with Crippen molar-refractivity contribution in [3.63, 3.8) is 0 Å². The number of esters is 1. The molecule has 114 valence electrons. The van der Waals surface area contributed by atoms with Gasteiger partial charge in [0, 0.05) is 11.1 Å². The lowest BCUT2D eigenvalue weighted by Gasteiger charge is -2.05. The summed E-state index contributed by atoms with van der Waals surface area (Å²) in [6, 6.07) is 15.4. The summed E-state index contributed by atoms with van der Waals surface area (Å²) in [5.74, 6) is -0.232. The van der Waals surface area contributed by atoms with E-state index in [1.54, 1.807) is 36.4 Å². The number of ether oxygens (including phenoxy) is 1. The van der Waals surface area contributed by atoms with E-state index in [1.165, 1.54) is 11.0 Å². The number of nitrogens with zero attached hydrogens (tertiary/aromatic N) is 4. The molecule has 0 radical (unpaired) electrons. The molecule has 1 heterocycles. The number of carbonyl (C=O) groups is 2. The Kier molecular flexibility index (Phi) is 4.19. The van der Waals surface area contributed by atoms with Gasteiger partial charge in [-0.05, 0) is 34.7 Å². The van der Waals surface area contributed by atoms with Crippen molar-refractivity contribution in [1.29, 1.82) is 0 Å². The number of benzene rings is 2. The minimum Gasteiger partial charge on any atom is -0.425 e. The highest BCUT2D eigenvalue weighted by atomic mass is 16.5. The van der Waals surface area contributed by atoms with Gasteiger partial charge in [0.25, 0.3) is 0 Å². The molecule has 3 aromatic rings. The number of tetrazole rings is 1. The Morgan fingerprint density at radius 2 is 1.65 bits per heavy atom. The predicted molar refractivity (Wildman–Crippen MR) is 79.8 cm³/mol. The van der Waals surface area contributed by atoms with Crippen LogP contribution in [0.2, 0.25) is 0 Å². The highest BCUT2D eigenvalue weighted by molar-refractivity contribution is 6.09. The third-order valence-corrected chi connectivity index (χ3v) is 3.07. The fourth-order valence-electron chi connectivity index (χ4n) is 1.98. The van der Waals surface area contributed by atoms with Gasteiger partial charge in [-0.2, -0.15) is 0 Å². The Labute approximate surface area is 131 Å². The lowest BCUT2D eigenvalue weighted by molar-refractivity contribution is -0.135. The van der Waals surface area contributed by atoms with Crippen LogP contribution in [0.3, 0.4) is 0 Å². The Morgan fingerprint density at radius 3 is 2.30 bits per heavy atom. The molecule has 0 saturated heterocycles. The Hall–Kier alpha value is -3.35. The number of aromatic nitrogens is 4. The Bertz CT molecular complexity index is 799. The van der Waals surface area contributed by atoms with Gasteiger partial charge in [-0.25, -0.2) is 9.48 Å². The van der Waals surface area contributed by atoms with E-state index >= 15 is 0 Å². The van der Waals surface area contributed by atoms with Crippen molar-refractivity contribution in [2.45, 2.75) is 6.54 Å². The van der Waals surface area contributed by atoms with Crippen molar-refractivity contribution in [2.75, 3.05) is 0 Å². The maximum Gasteiger partial charge on any atom is 0.333 e. The fraction of sp³-hybridized carbons (Fsp3) is 0.0625. The molecule has 0 amide bonds. The summed E-state index contributed by atoms with van der Waals surface area (Å²) in [7, 11) is 0. The van der Waals surface area contributed by atoms with Gasteiger partial charge < -0.3 is 4.74 Å². The summed E-state index contributed by atoms with van der Waals surface area (Å²) in [5, 5.41) is 10.4. The molecule has 7 heteroatoms. The highest BCUT2D eigenvalue weighted by Crippen LogP contribution is 2.15. The number of rotatable bonds is 5. The molecule has 0 aliphatic rings. The van der Waals surface area contributed by atoms with Crippen LogP contribution < -0.4 is 4.74 Å². The predicted octanol–water partition coefficient (Wildman–Crippen LogP) is 1.51. The summed E-state index contributed by atoms with van der Waals surface area (Å²) in [6.45, 7) is -0.0856. The molecule has 0 N–H and O–H groups in total. The second-order valence-corrected chi connectivity index (χ2v) is 4.70. The van der Waals surface area contributed by atoms with E-state index in [2.05, 4.69) is 15.5 Å². The first-order valence-corrected chi connectivity index (χ1v) is 6.83. The van der Waals surface area contributed by atoms with Crippen LogP contribution in [0.15, 0.2) is 60.9 Å². The second kappa shape index (κ2) is 6.61. The van der Waals surface area contributed by atoms with E-state index in [1.807, 2.05) is 18.2 Å². The fourth-order valence-corrected chi connectivity index (χ4v) is 1.98. The van der Waals surface area contributed by atoms with E-state index in [9.17, 15) is 9.59 Å².